The molecule has 3 rings (SSSR count). The molecule has 2 amide bonds. The Bertz CT molecular complexity index is 713. The number of urea groups is 1. The minimum absolute atomic E-state index is 0.220. The number of aliphatic hydroxyl groups excluding tert-OH is 1. The molecule has 2 N–H and O–H groups in total. The lowest BCUT2D eigenvalue weighted by atomic mass is 10.2. The molecule has 6 nitrogen and oxygen atoms in total. The molecule has 2 aromatic rings. The summed E-state index contributed by atoms with van der Waals surface area (Å²) in [6, 6.07) is 5.69. The molecule has 1 saturated carbocycles. The first kappa shape index (κ1) is 17.4. The Hall–Kier alpha value is -2.41. The molecule has 1 aromatic heterocycles. The summed E-state index contributed by atoms with van der Waals surface area (Å²) in [5.74, 6) is 0.454. The maximum atomic E-state index is 12.9. The fourth-order valence-electron chi connectivity index (χ4n) is 2.57. The summed E-state index contributed by atoms with van der Waals surface area (Å²) >= 11 is 0. The Morgan fingerprint density at radius 1 is 1.44 bits per heavy atom. The molecule has 1 fully saturated rings. The highest BCUT2D eigenvalue weighted by Gasteiger charge is 2.31. The molecule has 1 aliphatic carbocycles. The van der Waals surface area contributed by atoms with Crippen LogP contribution in [0.1, 0.15) is 18.5 Å². The summed E-state index contributed by atoms with van der Waals surface area (Å²) in [5.41, 5.74) is 1.41. The van der Waals surface area contributed by atoms with E-state index in [9.17, 15) is 14.3 Å². The number of amides is 2. The number of aliphatic hydroxyl groups is 1. The van der Waals surface area contributed by atoms with E-state index in [0.29, 0.717) is 42.6 Å². The van der Waals surface area contributed by atoms with Gasteiger partial charge in [-0.05, 0) is 43.0 Å². The maximum absolute atomic E-state index is 12.9. The number of hydrogen-bond donors (Lipinski definition) is 2. The number of rotatable bonds is 7. The molecule has 0 spiro atoms. The van der Waals surface area contributed by atoms with Gasteiger partial charge in [-0.2, -0.15) is 0 Å². The van der Waals surface area contributed by atoms with Crippen molar-refractivity contribution in [3.8, 4) is 11.5 Å². The number of nitrogens with one attached hydrogen (secondary N) is 1. The van der Waals surface area contributed by atoms with E-state index in [4.69, 9.17) is 4.42 Å². The van der Waals surface area contributed by atoms with Crippen molar-refractivity contribution in [3.63, 3.8) is 0 Å². The average molecular weight is 347 g/mol. The smallest absolute Gasteiger partial charge is 0.317 e. The van der Waals surface area contributed by atoms with Gasteiger partial charge < -0.3 is 19.7 Å². The number of benzene rings is 1. The van der Waals surface area contributed by atoms with E-state index in [0.717, 1.165) is 12.8 Å². The lowest BCUT2D eigenvalue weighted by Crippen LogP contribution is -2.42. The Kier molecular flexibility index (Phi) is 5.33. The summed E-state index contributed by atoms with van der Waals surface area (Å²) in [6.07, 6.45) is 3.70. The lowest BCUT2D eigenvalue weighted by Gasteiger charge is -2.21. The highest BCUT2D eigenvalue weighted by Crippen LogP contribution is 2.32. The number of halogens is 1. The highest BCUT2D eigenvalue weighted by molar-refractivity contribution is 5.73. The van der Waals surface area contributed by atoms with Gasteiger partial charge in [0.15, 0.2) is 0 Å². The second kappa shape index (κ2) is 7.65. The van der Waals surface area contributed by atoms with E-state index in [-0.39, 0.29) is 11.8 Å². The van der Waals surface area contributed by atoms with Crippen LogP contribution >= 0.6 is 0 Å². The number of hydrogen-bond acceptors (Lipinski definition) is 4. The first-order valence-electron chi connectivity index (χ1n) is 8.40. The molecule has 1 aliphatic rings. The van der Waals surface area contributed by atoms with Crippen molar-refractivity contribution in [3.05, 3.63) is 42.0 Å². The summed E-state index contributed by atoms with van der Waals surface area (Å²) in [7, 11) is 1.67. The predicted octanol–water partition coefficient (Wildman–Crippen LogP) is 2.44. The van der Waals surface area contributed by atoms with Crippen molar-refractivity contribution in [2.75, 3.05) is 20.1 Å². The molecular formula is C18H22FN3O3. The molecule has 25 heavy (non-hydrogen) atoms. The molecule has 0 radical (unpaired) electrons. The molecule has 0 saturated heterocycles. The zero-order valence-electron chi connectivity index (χ0n) is 14.1. The van der Waals surface area contributed by atoms with E-state index in [1.807, 2.05) is 0 Å². The number of carbonyl (C=O) groups excluding carboxylic acids is 1. The molecule has 1 heterocycles. The predicted molar refractivity (Wildman–Crippen MR) is 90.4 cm³/mol. The molecule has 7 heteroatoms. The van der Waals surface area contributed by atoms with Gasteiger partial charge in [0.1, 0.15) is 12.1 Å². The lowest BCUT2D eigenvalue weighted by molar-refractivity contribution is 0.113. The van der Waals surface area contributed by atoms with Crippen LogP contribution in [0.25, 0.3) is 11.5 Å². The number of nitrogens with zero attached hydrogens (tertiary/aromatic N) is 2. The monoisotopic (exact) mass is 347 g/mol. The number of oxazole rings is 1. The van der Waals surface area contributed by atoms with E-state index in [2.05, 4.69) is 10.3 Å². The average Bonchev–Trinajstić information content (AvgIpc) is 3.35. The van der Waals surface area contributed by atoms with Crippen molar-refractivity contribution >= 4 is 6.03 Å². The quantitative estimate of drug-likeness (QED) is 0.806. The van der Waals surface area contributed by atoms with Crippen molar-refractivity contribution in [2.45, 2.75) is 25.4 Å². The molecule has 134 valence electrons. The van der Waals surface area contributed by atoms with Gasteiger partial charge in [-0.3, -0.25) is 0 Å². The summed E-state index contributed by atoms with van der Waals surface area (Å²) < 4.78 is 18.3. The third-order valence-corrected chi connectivity index (χ3v) is 4.27. The molecule has 0 aliphatic heterocycles. The maximum Gasteiger partial charge on any atom is 0.317 e. The van der Waals surface area contributed by atoms with Crippen molar-refractivity contribution < 1.29 is 18.7 Å². The van der Waals surface area contributed by atoms with Gasteiger partial charge >= 0.3 is 6.03 Å². The van der Waals surface area contributed by atoms with Gasteiger partial charge in [-0.1, -0.05) is 0 Å². The summed E-state index contributed by atoms with van der Waals surface area (Å²) in [4.78, 5) is 17.8. The molecule has 1 unspecified atom stereocenters. The van der Waals surface area contributed by atoms with Gasteiger partial charge in [0.25, 0.3) is 0 Å². The molecular weight excluding hydrogens is 325 g/mol. The fraction of sp³-hybridized carbons (Fsp3) is 0.444. The Morgan fingerprint density at radius 3 is 2.84 bits per heavy atom. The summed E-state index contributed by atoms with van der Waals surface area (Å²) in [6.45, 7) is 0.757. The van der Waals surface area contributed by atoms with Crippen LogP contribution < -0.4 is 5.32 Å². The van der Waals surface area contributed by atoms with Crippen LogP contribution in [0.5, 0.6) is 0 Å². The number of aromatic nitrogens is 1. The van der Waals surface area contributed by atoms with Crippen molar-refractivity contribution in [1.82, 2.24) is 15.2 Å². The zero-order valence-corrected chi connectivity index (χ0v) is 14.1. The first-order valence-corrected chi connectivity index (χ1v) is 8.40. The topological polar surface area (TPSA) is 78.6 Å². The van der Waals surface area contributed by atoms with Crippen LogP contribution in [-0.4, -0.2) is 47.3 Å². The number of carbonyl (C=O) groups is 1. The Morgan fingerprint density at radius 2 is 2.16 bits per heavy atom. The third-order valence-electron chi connectivity index (χ3n) is 4.27. The van der Waals surface area contributed by atoms with Gasteiger partial charge in [0, 0.05) is 32.1 Å². The molecule has 0 bridgehead atoms. The van der Waals surface area contributed by atoms with Gasteiger partial charge in [0.2, 0.25) is 5.89 Å². The van der Waals surface area contributed by atoms with Crippen molar-refractivity contribution in [2.24, 2.45) is 5.92 Å². The normalized spacial score (nSPS) is 15.0. The first-order chi connectivity index (χ1) is 12.0. The Balaban J connectivity index is 1.44. The van der Waals surface area contributed by atoms with Crippen LogP contribution in [0.3, 0.4) is 0 Å². The van der Waals surface area contributed by atoms with Gasteiger partial charge in [-0.25, -0.2) is 14.2 Å². The number of likely N-dealkylation sites (N-methyl/N-ethyl adjacent to an activating group) is 1. The van der Waals surface area contributed by atoms with Crippen molar-refractivity contribution in [1.29, 1.82) is 0 Å². The minimum atomic E-state index is -0.440. The van der Waals surface area contributed by atoms with E-state index >= 15 is 0 Å². The standard InChI is InChI=1S/C18H22FN3O3/c1-22(10-16(23)12-2-3-12)18(24)20-9-8-15-11-25-17(21-15)13-4-6-14(19)7-5-13/h4-7,11-12,16,23H,2-3,8-10H2,1H3,(H,20,24). The summed E-state index contributed by atoms with van der Waals surface area (Å²) in [5, 5.41) is 12.7. The Labute approximate surface area is 145 Å². The molecule has 1 aromatic carbocycles. The third kappa shape index (κ3) is 4.79. The SMILES string of the molecule is CN(CC(O)C1CC1)C(=O)NCCc1coc(-c2ccc(F)cc2)n1. The van der Waals surface area contributed by atoms with Crippen LogP contribution in [-0.2, 0) is 6.42 Å². The second-order valence-corrected chi connectivity index (χ2v) is 6.42. The van der Waals surface area contributed by atoms with Crippen LogP contribution in [0.4, 0.5) is 9.18 Å². The van der Waals surface area contributed by atoms with E-state index in [1.54, 1.807) is 19.2 Å². The second-order valence-electron chi connectivity index (χ2n) is 6.42. The largest absolute Gasteiger partial charge is 0.444 e. The van der Waals surface area contributed by atoms with Crippen LogP contribution in [0.15, 0.2) is 34.9 Å². The molecule has 1 atom stereocenters. The van der Waals surface area contributed by atoms with E-state index < -0.39 is 6.10 Å². The zero-order chi connectivity index (χ0) is 17.8. The van der Waals surface area contributed by atoms with Crippen LogP contribution in [0.2, 0.25) is 0 Å². The van der Waals surface area contributed by atoms with Gasteiger partial charge in [-0.15, -0.1) is 0 Å². The van der Waals surface area contributed by atoms with E-state index in [1.165, 1.54) is 23.3 Å². The van der Waals surface area contributed by atoms with Crippen LogP contribution in [0, 0.1) is 11.7 Å². The van der Waals surface area contributed by atoms with Gasteiger partial charge in [0.05, 0.1) is 11.8 Å². The fourth-order valence-corrected chi connectivity index (χ4v) is 2.57. The minimum Gasteiger partial charge on any atom is -0.444 e. The highest BCUT2D eigenvalue weighted by atomic mass is 19.1.